The molecule has 1 aliphatic heterocycles. The van der Waals surface area contributed by atoms with Gasteiger partial charge in [0.1, 0.15) is 12.1 Å². The van der Waals surface area contributed by atoms with Crippen LogP contribution in [0.1, 0.15) is 41.0 Å². The number of hydrogen-bond donors (Lipinski definition) is 3. The van der Waals surface area contributed by atoms with Gasteiger partial charge < -0.3 is 15.7 Å². The van der Waals surface area contributed by atoms with E-state index in [1.165, 1.54) is 0 Å². The summed E-state index contributed by atoms with van der Waals surface area (Å²) in [6.07, 6.45) is 0.545. The van der Waals surface area contributed by atoms with Crippen molar-refractivity contribution in [2.45, 2.75) is 52.2 Å². The average molecular weight is 299 g/mol. The highest BCUT2D eigenvalue weighted by Gasteiger charge is 2.44. The van der Waals surface area contributed by atoms with Crippen molar-refractivity contribution in [2.75, 3.05) is 13.1 Å². The molecule has 1 unspecified atom stereocenters. The zero-order valence-corrected chi connectivity index (χ0v) is 13.3. The minimum absolute atomic E-state index is 0.0804. The van der Waals surface area contributed by atoms with Crippen LogP contribution in [0.15, 0.2) is 0 Å². The number of hydrogen-bond acceptors (Lipinski definition) is 4. The molecule has 1 fully saturated rings. The van der Waals surface area contributed by atoms with Crippen molar-refractivity contribution in [3.8, 4) is 0 Å². The lowest BCUT2D eigenvalue weighted by atomic mass is 9.94. The topological polar surface area (TPSA) is 98.7 Å². The van der Waals surface area contributed by atoms with Crippen molar-refractivity contribution < 1.29 is 19.5 Å². The average Bonchev–Trinajstić information content (AvgIpc) is 2.47. The molecule has 1 atom stereocenters. The lowest BCUT2D eigenvalue weighted by Crippen LogP contribution is -2.47. The summed E-state index contributed by atoms with van der Waals surface area (Å²) in [7, 11) is 0. The van der Waals surface area contributed by atoms with Gasteiger partial charge in [0.15, 0.2) is 0 Å². The quantitative estimate of drug-likeness (QED) is 0.611. The predicted octanol–water partition coefficient (Wildman–Crippen LogP) is 0.230. The lowest BCUT2D eigenvalue weighted by Gasteiger charge is -2.26. The molecule has 1 rings (SSSR count). The Bertz CT molecular complexity index is 444. The van der Waals surface area contributed by atoms with E-state index in [0.717, 1.165) is 4.90 Å². The van der Waals surface area contributed by atoms with Gasteiger partial charge in [0.25, 0.3) is 5.91 Å². The van der Waals surface area contributed by atoms with Crippen LogP contribution in [-0.2, 0) is 9.59 Å². The number of carbonyl (C=O) groups excluding carboxylic acids is 3. The lowest BCUT2D eigenvalue weighted by molar-refractivity contribution is -0.134. The molecule has 0 aliphatic carbocycles. The van der Waals surface area contributed by atoms with Crippen LogP contribution in [0.3, 0.4) is 0 Å². The predicted molar refractivity (Wildman–Crippen MR) is 77.4 cm³/mol. The summed E-state index contributed by atoms with van der Waals surface area (Å²) < 4.78 is 0. The maximum atomic E-state index is 11.9. The van der Waals surface area contributed by atoms with E-state index in [0.29, 0.717) is 12.3 Å². The smallest absolute Gasteiger partial charge is 0.325 e. The number of urea groups is 1. The monoisotopic (exact) mass is 299 g/mol. The summed E-state index contributed by atoms with van der Waals surface area (Å²) in [6.45, 7) is 8.50. The molecular formula is C14H25N3O4. The molecule has 0 bridgehead atoms. The van der Waals surface area contributed by atoms with E-state index in [1.54, 1.807) is 20.8 Å². The summed E-state index contributed by atoms with van der Waals surface area (Å²) in [6, 6.07) is -0.575. The second-order valence-corrected chi connectivity index (χ2v) is 6.82. The molecule has 0 aromatic rings. The van der Waals surface area contributed by atoms with Crippen LogP contribution in [-0.4, -0.2) is 52.1 Å². The van der Waals surface area contributed by atoms with E-state index in [2.05, 4.69) is 10.6 Å². The molecular weight excluding hydrogens is 274 g/mol. The maximum absolute atomic E-state index is 11.9. The molecule has 1 saturated heterocycles. The summed E-state index contributed by atoms with van der Waals surface area (Å²) in [5.41, 5.74) is -2.00. The van der Waals surface area contributed by atoms with Gasteiger partial charge in [0.05, 0.1) is 5.60 Å². The molecule has 1 heterocycles. The van der Waals surface area contributed by atoms with E-state index in [4.69, 9.17) is 0 Å². The second-order valence-electron chi connectivity index (χ2n) is 6.82. The normalized spacial score (nSPS) is 20.4. The Balaban J connectivity index is 2.52. The Labute approximate surface area is 125 Å². The zero-order chi connectivity index (χ0) is 16.4. The Hall–Kier alpha value is -1.63. The Kier molecular flexibility index (Phi) is 4.99. The maximum Gasteiger partial charge on any atom is 0.325 e. The van der Waals surface area contributed by atoms with Gasteiger partial charge in [0, 0.05) is 6.54 Å². The minimum atomic E-state index is -1.01. The van der Waals surface area contributed by atoms with E-state index in [9.17, 15) is 19.5 Å². The third kappa shape index (κ3) is 4.70. The molecule has 4 amide bonds. The first kappa shape index (κ1) is 17.4. The van der Waals surface area contributed by atoms with Gasteiger partial charge in [-0.1, -0.05) is 13.8 Å². The minimum Gasteiger partial charge on any atom is -0.388 e. The molecule has 21 heavy (non-hydrogen) atoms. The van der Waals surface area contributed by atoms with Gasteiger partial charge in [0.2, 0.25) is 5.91 Å². The summed E-state index contributed by atoms with van der Waals surface area (Å²) >= 11 is 0. The van der Waals surface area contributed by atoms with Crippen LogP contribution in [0, 0.1) is 5.92 Å². The Morgan fingerprint density at radius 3 is 2.43 bits per heavy atom. The summed E-state index contributed by atoms with van der Waals surface area (Å²) in [5.74, 6) is -0.611. The van der Waals surface area contributed by atoms with Gasteiger partial charge in [-0.2, -0.15) is 0 Å². The number of imide groups is 1. The number of rotatable bonds is 6. The van der Waals surface area contributed by atoms with Crippen molar-refractivity contribution in [1.29, 1.82) is 0 Å². The van der Waals surface area contributed by atoms with E-state index >= 15 is 0 Å². The molecule has 0 aromatic heterocycles. The zero-order valence-electron chi connectivity index (χ0n) is 13.3. The van der Waals surface area contributed by atoms with Crippen molar-refractivity contribution >= 4 is 17.8 Å². The Morgan fingerprint density at radius 1 is 1.43 bits per heavy atom. The van der Waals surface area contributed by atoms with Crippen LogP contribution >= 0.6 is 0 Å². The van der Waals surface area contributed by atoms with Crippen molar-refractivity contribution in [3.05, 3.63) is 0 Å². The first-order valence-electron chi connectivity index (χ1n) is 7.08. The molecule has 1 aliphatic rings. The highest BCUT2D eigenvalue weighted by Crippen LogP contribution is 2.17. The molecule has 0 radical (unpaired) electrons. The third-order valence-corrected chi connectivity index (χ3v) is 3.26. The van der Waals surface area contributed by atoms with Crippen LogP contribution in [0.4, 0.5) is 4.79 Å². The van der Waals surface area contributed by atoms with Crippen LogP contribution < -0.4 is 10.6 Å². The van der Waals surface area contributed by atoms with Crippen molar-refractivity contribution in [2.24, 2.45) is 5.92 Å². The van der Waals surface area contributed by atoms with E-state index in [-0.39, 0.29) is 13.1 Å². The van der Waals surface area contributed by atoms with E-state index < -0.39 is 29.0 Å². The highest BCUT2D eigenvalue weighted by molar-refractivity contribution is 6.08. The second kappa shape index (κ2) is 6.01. The first-order valence-corrected chi connectivity index (χ1v) is 7.08. The Morgan fingerprint density at radius 2 is 2.00 bits per heavy atom. The standard InChI is InChI=1S/C14H25N3O4/c1-9(2)6-14(5,21)8-15-10(18)7-17-11(19)13(3,4)16-12(17)20/h9,21H,6-8H2,1-5H3,(H,15,18)(H,16,20). The SMILES string of the molecule is CC(C)CC(C)(O)CNC(=O)CN1C(=O)NC(C)(C)C1=O. The molecule has 0 spiro atoms. The van der Waals surface area contributed by atoms with Crippen molar-refractivity contribution in [1.82, 2.24) is 15.5 Å². The van der Waals surface area contributed by atoms with Gasteiger partial charge in [-0.25, -0.2) is 4.79 Å². The van der Waals surface area contributed by atoms with Crippen molar-refractivity contribution in [3.63, 3.8) is 0 Å². The fourth-order valence-corrected chi connectivity index (χ4v) is 2.40. The molecule has 0 saturated carbocycles. The van der Waals surface area contributed by atoms with Crippen LogP contribution in [0.5, 0.6) is 0 Å². The fraction of sp³-hybridized carbons (Fsp3) is 0.786. The summed E-state index contributed by atoms with van der Waals surface area (Å²) in [4.78, 5) is 36.3. The number of nitrogens with zero attached hydrogens (tertiary/aromatic N) is 1. The molecule has 3 N–H and O–H groups in total. The van der Waals surface area contributed by atoms with Crippen LogP contribution in [0.25, 0.3) is 0 Å². The highest BCUT2D eigenvalue weighted by atomic mass is 16.3. The van der Waals surface area contributed by atoms with Crippen LogP contribution in [0.2, 0.25) is 0 Å². The number of carbonyl (C=O) groups is 3. The molecule has 7 heteroatoms. The van der Waals surface area contributed by atoms with Gasteiger partial charge in [-0.15, -0.1) is 0 Å². The first-order chi connectivity index (χ1) is 9.44. The van der Waals surface area contributed by atoms with Gasteiger partial charge >= 0.3 is 6.03 Å². The number of amides is 4. The third-order valence-electron chi connectivity index (χ3n) is 3.26. The molecule has 7 nitrogen and oxygen atoms in total. The fourth-order valence-electron chi connectivity index (χ4n) is 2.40. The van der Waals surface area contributed by atoms with Gasteiger partial charge in [-0.05, 0) is 33.1 Å². The van der Waals surface area contributed by atoms with E-state index in [1.807, 2.05) is 13.8 Å². The molecule has 120 valence electrons. The van der Waals surface area contributed by atoms with Gasteiger partial charge in [-0.3, -0.25) is 14.5 Å². The number of aliphatic hydroxyl groups is 1. The largest absolute Gasteiger partial charge is 0.388 e. The molecule has 0 aromatic carbocycles. The summed E-state index contributed by atoms with van der Waals surface area (Å²) in [5, 5.41) is 15.2. The number of nitrogens with one attached hydrogen (secondary N) is 2.